The second kappa shape index (κ2) is 6.85. The summed E-state index contributed by atoms with van der Waals surface area (Å²) in [6.45, 7) is 0. The van der Waals surface area contributed by atoms with E-state index < -0.39 is 10.0 Å². The van der Waals surface area contributed by atoms with E-state index in [1.54, 1.807) is 0 Å². The standard InChI is InChI=1S/C18H20N2O4S/c1-24-17-10-9-13(25(19,22)23)11-16(17)20-18(21)15-8-4-6-12-5-2-3-7-14(12)15/h2-3,5,7,9-11,15H,4,6,8H2,1H3,(H,20,21)(H2,19,22,23). The number of carbonyl (C=O) groups excluding carboxylic acids is 1. The SMILES string of the molecule is COc1ccc(S(N)(=O)=O)cc1NC(=O)C1CCCc2ccccc21. The van der Waals surface area contributed by atoms with E-state index in [2.05, 4.69) is 5.32 Å². The van der Waals surface area contributed by atoms with E-state index in [0.717, 1.165) is 24.8 Å². The molecule has 1 amide bonds. The number of primary sulfonamides is 1. The number of carbonyl (C=O) groups is 1. The predicted octanol–water partition coefficient (Wildman–Crippen LogP) is 2.40. The van der Waals surface area contributed by atoms with E-state index in [0.29, 0.717) is 11.4 Å². The van der Waals surface area contributed by atoms with Gasteiger partial charge >= 0.3 is 0 Å². The van der Waals surface area contributed by atoms with Crippen LogP contribution in [0.5, 0.6) is 5.75 Å². The summed E-state index contributed by atoms with van der Waals surface area (Å²) >= 11 is 0. The number of ether oxygens (including phenoxy) is 1. The minimum Gasteiger partial charge on any atom is -0.495 e. The van der Waals surface area contributed by atoms with Crippen molar-refractivity contribution in [3.05, 3.63) is 53.6 Å². The summed E-state index contributed by atoms with van der Waals surface area (Å²) in [5.41, 5.74) is 2.49. The van der Waals surface area contributed by atoms with Crippen LogP contribution in [0.2, 0.25) is 0 Å². The molecule has 132 valence electrons. The zero-order valence-corrected chi connectivity index (χ0v) is 14.7. The molecule has 0 radical (unpaired) electrons. The molecule has 0 bridgehead atoms. The summed E-state index contributed by atoms with van der Waals surface area (Å²) in [7, 11) is -2.41. The number of hydrogen-bond donors (Lipinski definition) is 2. The molecule has 0 fully saturated rings. The van der Waals surface area contributed by atoms with Crippen molar-refractivity contribution < 1.29 is 17.9 Å². The Balaban J connectivity index is 1.91. The Hall–Kier alpha value is -2.38. The predicted molar refractivity (Wildman–Crippen MR) is 95.1 cm³/mol. The van der Waals surface area contributed by atoms with Gasteiger partial charge in [0.25, 0.3) is 0 Å². The van der Waals surface area contributed by atoms with E-state index in [-0.39, 0.29) is 16.7 Å². The first-order valence-corrected chi connectivity index (χ1v) is 9.54. The molecule has 25 heavy (non-hydrogen) atoms. The van der Waals surface area contributed by atoms with Crippen LogP contribution in [-0.4, -0.2) is 21.4 Å². The van der Waals surface area contributed by atoms with Crippen molar-refractivity contribution in [2.24, 2.45) is 5.14 Å². The van der Waals surface area contributed by atoms with E-state index in [4.69, 9.17) is 9.88 Å². The molecule has 6 nitrogen and oxygen atoms in total. The highest BCUT2D eigenvalue weighted by Crippen LogP contribution is 2.34. The Morgan fingerprint density at radius 2 is 2.00 bits per heavy atom. The van der Waals surface area contributed by atoms with Gasteiger partial charge in [0.05, 0.1) is 23.6 Å². The van der Waals surface area contributed by atoms with Crippen LogP contribution in [0.1, 0.15) is 29.9 Å². The van der Waals surface area contributed by atoms with Crippen LogP contribution in [0, 0.1) is 0 Å². The number of anilines is 1. The van der Waals surface area contributed by atoms with Crippen LogP contribution in [0.25, 0.3) is 0 Å². The third-order valence-electron chi connectivity index (χ3n) is 4.44. The van der Waals surface area contributed by atoms with Crippen molar-refractivity contribution in [1.82, 2.24) is 0 Å². The van der Waals surface area contributed by atoms with Crippen LogP contribution in [-0.2, 0) is 21.2 Å². The Morgan fingerprint density at radius 3 is 2.72 bits per heavy atom. The number of nitrogens with two attached hydrogens (primary N) is 1. The van der Waals surface area contributed by atoms with Crippen molar-refractivity contribution in [2.75, 3.05) is 12.4 Å². The van der Waals surface area contributed by atoms with Gasteiger partial charge in [-0.15, -0.1) is 0 Å². The van der Waals surface area contributed by atoms with Gasteiger partial charge in [0.1, 0.15) is 5.75 Å². The molecule has 2 aromatic rings. The number of hydrogen-bond acceptors (Lipinski definition) is 4. The summed E-state index contributed by atoms with van der Waals surface area (Å²) in [5.74, 6) is -0.0744. The Morgan fingerprint density at radius 1 is 1.24 bits per heavy atom. The maximum Gasteiger partial charge on any atom is 0.238 e. The molecule has 0 spiro atoms. The Bertz CT molecular complexity index is 909. The minimum absolute atomic E-state index is 0.0763. The first-order valence-electron chi connectivity index (χ1n) is 7.99. The van der Waals surface area contributed by atoms with Crippen molar-refractivity contribution in [3.8, 4) is 5.75 Å². The monoisotopic (exact) mass is 360 g/mol. The van der Waals surface area contributed by atoms with Gasteiger partial charge in [-0.05, 0) is 48.6 Å². The van der Waals surface area contributed by atoms with Gasteiger partial charge < -0.3 is 10.1 Å². The molecular formula is C18H20N2O4S. The molecule has 0 aliphatic heterocycles. The van der Waals surface area contributed by atoms with Crippen molar-refractivity contribution in [2.45, 2.75) is 30.1 Å². The van der Waals surface area contributed by atoms with Gasteiger partial charge in [0, 0.05) is 0 Å². The smallest absolute Gasteiger partial charge is 0.238 e. The molecule has 0 saturated carbocycles. The highest BCUT2D eigenvalue weighted by molar-refractivity contribution is 7.89. The summed E-state index contributed by atoms with van der Waals surface area (Å²) in [6.07, 6.45) is 2.65. The highest BCUT2D eigenvalue weighted by Gasteiger charge is 2.27. The lowest BCUT2D eigenvalue weighted by atomic mass is 9.82. The minimum atomic E-state index is -3.87. The van der Waals surface area contributed by atoms with Gasteiger partial charge in [-0.1, -0.05) is 24.3 Å². The van der Waals surface area contributed by atoms with Crippen LogP contribution in [0.4, 0.5) is 5.69 Å². The second-order valence-corrected chi connectivity index (χ2v) is 7.60. The van der Waals surface area contributed by atoms with Gasteiger partial charge in [-0.2, -0.15) is 0 Å². The van der Waals surface area contributed by atoms with Gasteiger partial charge in [0.2, 0.25) is 15.9 Å². The van der Waals surface area contributed by atoms with Crippen LogP contribution >= 0.6 is 0 Å². The van der Waals surface area contributed by atoms with Crippen molar-refractivity contribution in [1.29, 1.82) is 0 Å². The molecule has 1 unspecified atom stereocenters. The molecule has 1 atom stereocenters. The fourth-order valence-corrected chi connectivity index (χ4v) is 3.75. The van der Waals surface area contributed by atoms with Gasteiger partial charge in [0.15, 0.2) is 0 Å². The quantitative estimate of drug-likeness (QED) is 0.874. The normalized spacial score (nSPS) is 16.8. The van der Waals surface area contributed by atoms with Crippen molar-refractivity contribution in [3.63, 3.8) is 0 Å². The lowest BCUT2D eigenvalue weighted by molar-refractivity contribution is -0.117. The molecule has 0 heterocycles. The molecule has 3 rings (SSSR count). The van der Waals surface area contributed by atoms with Crippen molar-refractivity contribution >= 4 is 21.6 Å². The Labute approximate surface area is 147 Å². The second-order valence-electron chi connectivity index (χ2n) is 6.04. The van der Waals surface area contributed by atoms with E-state index in [1.807, 2.05) is 24.3 Å². The zero-order valence-electron chi connectivity index (χ0n) is 13.9. The van der Waals surface area contributed by atoms with Gasteiger partial charge in [-0.3, -0.25) is 4.79 Å². The van der Waals surface area contributed by atoms with E-state index in [9.17, 15) is 13.2 Å². The fraction of sp³-hybridized carbons (Fsp3) is 0.278. The molecular weight excluding hydrogens is 340 g/mol. The fourth-order valence-electron chi connectivity index (χ4n) is 3.21. The van der Waals surface area contributed by atoms with Gasteiger partial charge in [-0.25, -0.2) is 13.6 Å². The average molecular weight is 360 g/mol. The third kappa shape index (κ3) is 3.67. The lowest BCUT2D eigenvalue weighted by Gasteiger charge is -2.25. The molecule has 0 saturated heterocycles. The number of benzene rings is 2. The van der Waals surface area contributed by atoms with E-state index in [1.165, 1.54) is 30.9 Å². The molecule has 2 aromatic carbocycles. The summed E-state index contributed by atoms with van der Waals surface area (Å²) in [5, 5.41) is 7.97. The average Bonchev–Trinajstić information content (AvgIpc) is 2.60. The third-order valence-corrected chi connectivity index (χ3v) is 5.35. The Kier molecular flexibility index (Phi) is 4.78. The number of amides is 1. The highest BCUT2D eigenvalue weighted by atomic mass is 32.2. The lowest BCUT2D eigenvalue weighted by Crippen LogP contribution is -2.25. The van der Waals surface area contributed by atoms with Crippen LogP contribution in [0.15, 0.2) is 47.4 Å². The number of sulfonamides is 1. The number of aryl methyl sites for hydroxylation is 1. The number of methoxy groups -OCH3 is 1. The van der Waals surface area contributed by atoms with E-state index >= 15 is 0 Å². The molecule has 3 N–H and O–H groups in total. The first kappa shape index (κ1) is 17.4. The van der Waals surface area contributed by atoms with Crippen LogP contribution < -0.4 is 15.2 Å². The first-order chi connectivity index (χ1) is 11.9. The zero-order chi connectivity index (χ0) is 18.0. The molecule has 0 aromatic heterocycles. The summed E-state index contributed by atoms with van der Waals surface area (Å²) in [6, 6.07) is 12.0. The maximum absolute atomic E-state index is 12.8. The number of fused-ring (bicyclic) bond motifs is 1. The topological polar surface area (TPSA) is 98.5 Å². The maximum atomic E-state index is 12.8. The summed E-state index contributed by atoms with van der Waals surface area (Å²) < 4.78 is 28.3. The molecule has 1 aliphatic carbocycles. The number of nitrogens with one attached hydrogen (secondary N) is 1. The number of rotatable bonds is 4. The molecule has 1 aliphatic rings. The molecule has 7 heteroatoms. The van der Waals surface area contributed by atoms with Crippen LogP contribution in [0.3, 0.4) is 0 Å². The summed E-state index contributed by atoms with van der Waals surface area (Å²) in [4.78, 5) is 12.7. The largest absolute Gasteiger partial charge is 0.495 e.